The molecular weight excluding hydrogens is 144 g/mol. The van der Waals surface area contributed by atoms with Gasteiger partial charge < -0.3 is 15.7 Å². The Kier molecular flexibility index (Phi) is 4.81. The highest BCUT2D eigenvalue weighted by atomic mass is 16.4. The number of hydrogen-bond acceptors (Lipinski definition) is 3. The molecule has 0 fully saturated rings. The molecule has 0 rings (SSSR count). The Morgan fingerprint density at radius 1 is 1.64 bits per heavy atom. The molecule has 0 aromatic rings. The van der Waals surface area contributed by atoms with Crippen LogP contribution in [-0.2, 0) is 4.79 Å². The first-order valence-electron chi connectivity index (χ1n) is 3.64. The van der Waals surface area contributed by atoms with E-state index in [0.29, 0.717) is 0 Å². The Labute approximate surface area is 67.0 Å². The summed E-state index contributed by atoms with van der Waals surface area (Å²) < 4.78 is 0. The fourth-order valence-electron chi connectivity index (χ4n) is 0.750. The Balaban J connectivity index is 3.37. The molecule has 4 heteroatoms. The van der Waals surface area contributed by atoms with Gasteiger partial charge in [0.25, 0.3) is 0 Å². The molecule has 1 atom stereocenters. The van der Waals surface area contributed by atoms with E-state index in [9.17, 15) is 4.79 Å². The molecule has 0 spiro atoms. The van der Waals surface area contributed by atoms with Gasteiger partial charge in [-0.05, 0) is 27.1 Å². The second-order valence-electron chi connectivity index (χ2n) is 2.95. The van der Waals surface area contributed by atoms with E-state index in [1.54, 1.807) is 0 Å². The number of nitrogens with two attached hydrogens (primary N) is 1. The summed E-state index contributed by atoms with van der Waals surface area (Å²) in [5.41, 5.74) is 5.52. The average Bonchev–Trinajstić information content (AvgIpc) is 1.82. The van der Waals surface area contributed by atoms with Crippen LogP contribution in [0.2, 0.25) is 0 Å². The normalized spacial score (nSPS) is 13.5. The summed E-state index contributed by atoms with van der Waals surface area (Å²) in [5, 5.41) is 8.36. The van der Waals surface area contributed by atoms with Gasteiger partial charge in [-0.3, -0.25) is 4.79 Å². The first-order chi connectivity index (χ1) is 5.02. The maximum absolute atomic E-state index is 10.2. The van der Waals surface area contributed by atoms with Crippen LogP contribution < -0.4 is 5.73 Å². The molecule has 0 unspecified atom stereocenters. The lowest BCUT2D eigenvalue weighted by molar-refractivity contribution is -0.137. The van der Waals surface area contributed by atoms with Crippen LogP contribution in [0.4, 0.5) is 0 Å². The maximum Gasteiger partial charge on any atom is 0.304 e. The molecule has 0 amide bonds. The van der Waals surface area contributed by atoms with Gasteiger partial charge in [-0.2, -0.15) is 0 Å². The Morgan fingerprint density at radius 2 is 2.18 bits per heavy atom. The van der Waals surface area contributed by atoms with Crippen LogP contribution in [0.5, 0.6) is 0 Å². The zero-order chi connectivity index (χ0) is 8.85. The van der Waals surface area contributed by atoms with Gasteiger partial charge in [-0.1, -0.05) is 0 Å². The number of aliphatic carboxylic acids is 1. The molecule has 0 aliphatic carbocycles. The second-order valence-corrected chi connectivity index (χ2v) is 2.95. The minimum Gasteiger partial charge on any atom is -0.481 e. The highest BCUT2D eigenvalue weighted by Crippen LogP contribution is 1.94. The molecule has 4 nitrogen and oxygen atoms in total. The Bertz CT molecular complexity index is 126. The van der Waals surface area contributed by atoms with Crippen molar-refractivity contribution in [1.82, 2.24) is 4.90 Å². The van der Waals surface area contributed by atoms with E-state index < -0.39 is 5.97 Å². The molecule has 0 aliphatic rings. The van der Waals surface area contributed by atoms with E-state index >= 15 is 0 Å². The summed E-state index contributed by atoms with van der Waals surface area (Å²) in [6.07, 6.45) is 0.799. The zero-order valence-electron chi connectivity index (χ0n) is 7.08. The highest BCUT2D eigenvalue weighted by molar-refractivity contribution is 5.67. The van der Waals surface area contributed by atoms with Crippen molar-refractivity contribution < 1.29 is 9.90 Å². The molecule has 0 aromatic heterocycles. The number of nitrogens with zero attached hydrogens (tertiary/aromatic N) is 1. The summed E-state index contributed by atoms with van der Waals surface area (Å²) in [6.45, 7) is 0.842. The van der Waals surface area contributed by atoms with Crippen LogP contribution >= 0.6 is 0 Å². The lowest BCUT2D eigenvalue weighted by Gasteiger charge is -2.12. The third-order valence-corrected chi connectivity index (χ3v) is 1.38. The third kappa shape index (κ3) is 7.29. The van der Waals surface area contributed by atoms with Crippen molar-refractivity contribution in [2.75, 3.05) is 20.6 Å². The van der Waals surface area contributed by atoms with Gasteiger partial charge >= 0.3 is 5.97 Å². The van der Waals surface area contributed by atoms with Crippen molar-refractivity contribution in [2.45, 2.75) is 18.9 Å². The molecular formula is C7H16N2O2. The van der Waals surface area contributed by atoms with E-state index in [1.807, 2.05) is 19.0 Å². The van der Waals surface area contributed by atoms with Crippen molar-refractivity contribution in [2.24, 2.45) is 5.73 Å². The first-order valence-corrected chi connectivity index (χ1v) is 3.64. The molecule has 11 heavy (non-hydrogen) atoms. The molecule has 0 aromatic carbocycles. The minimum absolute atomic E-state index is 0.0633. The molecule has 0 aliphatic heterocycles. The largest absolute Gasteiger partial charge is 0.481 e. The van der Waals surface area contributed by atoms with Crippen LogP contribution in [0.25, 0.3) is 0 Å². The Morgan fingerprint density at radius 3 is 2.55 bits per heavy atom. The monoisotopic (exact) mass is 160 g/mol. The van der Waals surface area contributed by atoms with E-state index in [4.69, 9.17) is 10.8 Å². The van der Waals surface area contributed by atoms with E-state index in [-0.39, 0.29) is 12.5 Å². The summed E-state index contributed by atoms with van der Waals surface area (Å²) in [5.74, 6) is -0.823. The topological polar surface area (TPSA) is 66.6 Å². The van der Waals surface area contributed by atoms with Crippen molar-refractivity contribution >= 4 is 5.97 Å². The van der Waals surface area contributed by atoms with Crippen molar-refractivity contribution in [3.05, 3.63) is 0 Å². The van der Waals surface area contributed by atoms with E-state index in [2.05, 4.69) is 0 Å². The second kappa shape index (κ2) is 5.09. The molecule has 0 heterocycles. The number of rotatable bonds is 5. The van der Waals surface area contributed by atoms with Crippen molar-refractivity contribution in [3.63, 3.8) is 0 Å². The summed E-state index contributed by atoms with van der Waals surface area (Å²) in [4.78, 5) is 12.1. The van der Waals surface area contributed by atoms with Gasteiger partial charge in [0.05, 0.1) is 6.42 Å². The molecule has 66 valence electrons. The van der Waals surface area contributed by atoms with Gasteiger partial charge in [-0.25, -0.2) is 0 Å². The molecule has 0 saturated heterocycles. The lowest BCUT2D eigenvalue weighted by Crippen LogP contribution is -2.28. The fourth-order valence-corrected chi connectivity index (χ4v) is 0.750. The van der Waals surface area contributed by atoms with Gasteiger partial charge in [-0.15, -0.1) is 0 Å². The van der Waals surface area contributed by atoms with Gasteiger partial charge in [0.15, 0.2) is 0 Å². The van der Waals surface area contributed by atoms with E-state index in [1.165, 1.54) is 0 Å². The van der Waals surface area contributed by atoms with Gasteiger partial charge in [0.2, 0.25) is 0 Å². The van der Waals surface area contributed by atoms with Crippen LogP contribution in [0.1, 0.15) is 12.8 Å². The maximum atomic E-state index is 10.2. The smallest absolute Gasteiger partial charge is 0.304 e. The molecule has 0 bridgehead atoms. The van der Waals surface area contributed by atoms with Gasteiger partial charge in [0, 0.05) is 6.04 Å². The summed E-state index contributed by atoms with van der Waals surface area (Å²) in [6, 6.07) is -0.213. The quantitative estimate of drug-likeness (QED) is 0.581. The fraction of sp³-hybridized carbons (Fsp3) is 0.857. The summed E-state index contributed by atoms with van der Waals surface area (Å²) in [7, 11) is 3.88. The third-order valence-electron chi connectivity index (χ3n) is 1.38. The number of carbonyl (C=O) groups is 1. The molecule has 0 radical (unpaired) electrons. The predicted molar refractivity (Wildman–Crippen MR) is 43.4 cm³/mol. The number of carboxylic acid groups (broad SMARTS) is 1. The average molecular weight is 160 g/mol. The zero-order valence-corrected chi connectivity index (χ0v) is 7.08. The van der Waals surface area contributed by atoms with E-state index in [0.717, 1.165) is 13.0 Å². The minimum atomic E-state index is -0.823. The standard InChI is InChI=1S/C7H16N2O2/c1-9(2)4-3-6(8)5-7(10)11/h6H,3-5,8H2,1-2H3,(H,10,11)/t6-/m0/s1. The number of carboxylic acids is 1. The van der Waals surface area contributed by atoms with Crippen LogP contribution in [0, 0.1) is 0 Å². The van der Waals surface area contributed by atoms with Crippen LogP contribution in [-0.4, -0.2) is 42.7 Å². The van der Waals surface area contributed by atoms with Crippen LogP contribution in [0.3, 0.4) is 0 Å². The predicted octanol–water partition coefficient (Wildman–Crippen LogP) is -0.260. The van der Waals surface area contributed by atoms with Crippen LogP contribution in [0.15, 0.2) is 0 Å². The van der Waals surface area contributed by atoms with Gasteiger partial charge in [0.1, 0.15) is 0 Å². The molecule has 0 saturated carbocycles. The van der Waals surface area contributed by atoms with Crippen molar-refractivity contribution in [3.8, 4) is 0 Å². The summed E-state index contributed by atoms with van der Waals surface area (Å²) >= 11 is 0. The Hall–Kier alpha value is -0.610. The number of hydrogen-bond donors (Lipinski definition) is 2. The highest BCUT2D eigenvalue weighted by Gasteiger charge is 2.07. The first kappa shape index (κ1) is 10.4. The lowest BCUT2D eigenvalue weighted by atomic mass is 10.1. The molecule has 3 N–H and O–H groups in total. The SMILES string of the molecule is CN(C)CC[C@H](N)CC(=O)O. The van der Waals surface area contributed by atoms with Crippen molar-refractivity contribution in [1.29, 1.82) is 0 Å².